The number of aromatic amines is 1. The summed E-state index contributed by atoms with van der Waals surface area (Å²) < 4.78 is 5.27. The lowest BCUT2D eigenvalue weighted by Crippen LogP contribution is -2.34. The summed E-state index contributed by atoms with van der Waals surface area (Å²) in [6.07, 6.45) is 1.80. The average molecular weight is 340 g/mol. The van der Waals surface area contributed by atoms with Gasteiger partial charge in [-0.25, -0.2) is 0 Å². The predicted molar refractivity (Wildman–Crippen MR) is 94.0 cm³/mol. The fourth-order valence-corrected chi connectivity index (χ4v) is 4.43. The summed E-state index contributed by atoms with van der Waals surface area (Å²) in [6.45, 7) is 5.45. The maximum atomic E-state index is 12.2. The second-order valence-corrected chi connectivity index (χ2v) is 7.09. The molecule has 0 spiro atoms. The van der Waals surface area contributed by atoms with Crippen LogP contribution in [0, 0.1) is 11.8 Å². The first-order valence-corrected chi connectivity index (χ1v) is 8.77. The minimum absolute atomic E-state index is 0.153. The predicted octanol–water partition coefficient (Wildman–Crippen LogP) is 2.07. The van der Waals surface area contributed by atoms with Gasteiger partial charge in [-0.15, -0.1) is 0 Å². The van der Waals surface area contributed by atoms with Crippen molar-refractivity contribution in [2.24, 2.45) is 11.8 Å². The van der Waals surface area contributed by atoms with Crippen molar-refractivity contribution in [3.05, 3.63) is 47.8 Å². The van der Waals surface area contributed by atoms with Gasteiger partial charge in [-0.1, -0.05) is 12.1 Å². The summed E-state index contributed by atoms with van der Waals surface area (Å²) in [4.78, 5) is 16.7. The highest BCUT2D eigenvalue weighted by Gasteiger charge is 2.48. The minimum Gasteiger partial charge on any atom is -0.497 e. The second kappa shape index (κ2) is 6.52. The fourth-order valence-electron chi connectivity index (χ4n) is 4.43. The Morgan fingerprint density at radius 2 is 2.04 bits per heavy atom. The van der Waals surface area contributed by atoms with Gasteiger partial charge in [-0.3, -0.25) is 14.8 Å². The molecule has 2 aliphatic heterocycles. The first-order chi connectivity index (χ1) is 12.2. The largest absolute Gasteiger partial charge is 0.497 e. The van der Waals surface area contributed by atoms with Gasteiger partial charge >= 0.3 is 0 Å². The molecule has 1 N–H and O–H groups in total. The zero-order valence-electron chi connectivity index (χ0n) is 14.7. The number of rotatable bonds is 4. The highest BCUT2D eigenvalue weighted by Crippen LogP contribution is 2.45. The number of carbonyl (C=O) groups is 1. The number of carbonyl (C=O) groups excluding carboxylic acids is 1. The van der Waals surface area contributed by atoms with Crippen LogP contribution in [0.3, 0.4) is 0 Å². The van der Waals surface area contributed by atoms with Gasteiger partial charge in [0.1, 0.15) is 5.75 Å². The van der Waals surface area contributed by atoms with E-state index in [9.17, 15) is 4.79 Å². The number of benzene rings is 1. The summed E-state index contributed by atoms with van der Waals surface area (Å²) in [7, 11) is 1.67. The lowest BCUT2D eigenvalue weighted by atomic mass is 9.89. The topological polar surface area (TPSA) is 61.5 Å². The molecule has 0 saturated carbocycles. The number of likely N-dealkylation sites (tertiary alicyclic amines) is 2. The molecule has 4 rings (SSSR count). The molecule has 0 unspecified atom stereocenters. The molecule has 6 heteroatoms. The number of hydrogen-bond donors (Lipinski definition) is 1. The Morgan fingerprint density at radius 3 is 2.68 bits per heavy atom. The lowest BCUT2D eigenvalue weighted by Gasteiger charge is -2.29. The molecule has 3 heterocycles. The van der Waals surface area contributed by atoms with Gasteiger partial charge in [-0.05, 0) is 29.7 Å². The number of amides is 1. The molecule has 2 aliphatic rings. The van der Waals surface area contributed by atoms with Gasteiger partial charge < -0.3 is 9.64 Å². The lowest BCUT2D eigenvalue weighted by molar-refractivity contribution is -0.130. The van der Waals surface area contributed by atoms with E-state index in [1.807, 2.05) is 23.1 Å². The Bertz CT molecular complexity index is 728. The SMILES string of the molecule is COc1ccc([C@H]2[C@@H]3CN(Cc4ccn[nH]4)C[C@@H]3CN2C(C)=O)cc1. The van der Waals surface area contributed by atoms with Crippen LogP contribution in [0.2, 0.25) is 0 Å². The number of hydrogen-bond acceptors (Lipinski definition) is 4. The Balaban J connectivity index is 1.55. The third kappa shape index (κ3) is 3.02. The van der Waals surface area contributed by atoms with E-state index in [1.54, 1.807) is 20.2 Å². The van der Waals surface area contributed by atoms with Crippen molar-refractivity contribution < 1.29 is 9.53 Å². The molecule has 1 amide bonds. The third-order valence-corrected chi connectivity index (χ3v) is 5.55. The van der Waals surface area contributed by atoms with E-state index in [4.69, 9.17) is 4.74 Å². The highest BCUT2D eigenvalue weighted by molar-refractivity contribution is 5.74. The summed E-state index contributed by atoms with van der Waals surface area (Å²) >= 11 is 0. The molecule has 0 radical (unpaired) electrons. The smallest absolute Gasteiger partial charge is 0.219 e. The van der Waals surface area contributed by atoms with Gasteiger partial charge in [0.15, 0.2) is 0 Å². The van der Waals surface area contributed by atoms with E-state index in [1.165, 1.54) is 5.56 Å². The van der Waals surface area contributed by atoms with Gasteiger partial charge in [0.25, 0.3) is 0 Å². The Hall–Kier alpha value is -2.34. The number of H-pyrrole nitrogens is 1. The van der Waals surface area contributed by atoms with Crippen molar-refractivity contribution in [3.63, 3.8) is 0 Å². The van der Waals surface area contributed by atoms with Crippen LogP contribution in [0.4, 0.5) is 0 Å². The molecule has 0 bridgehead atoms. The molecule has 1 aromatic heterocycles. The molecule has 25 heavy (non-hydrogen) atoms. The van der Waals surface area contributed by atoms with E-state index in [0.717, 1.165) is 37.6 Å². The van der Waals surface area contributed by atoms with Crippen LogP contribution in [-0.4, -0.2) is 52.6 Å². The van der Waals surface area contributed by atoms with Crippen LogP contribution in [0.25, 0.3) is 0 Å². The van der Waals surface area contributed by atoms with E-state index < -0.39 is 0 Å². The zero-order chi connectivity index (χ0) is 17.4. The first kappa shape index (κ1) is 16.1. The molecule has 2 saturated heterocycles. The molecule has 1 aromatic carbocycles. The van der Waals surface area contributed by atoms with Crippen LogP contribution < -0.4 is 4.74 Å². The summed E-state index contributed by atoms with van der Waals surface area (Å²) in [5.41, 5.74) is 2.34. The zero-order valence-corrected chi connectivity index (χ0v) is 14.7. The van der Waals surface area contributed by atoms with Crippen LogP contribution >= 0.6 is 0 Å². The standard InChI is InChI=1S/C19H24N4O2/c1-13(24)23-10-15-9-22(11-16-7-8-20-21-16)12-18(15)19(23)14-3-5-17(25-2)6-4-14/h3-8,15,18-19H,9-12H2,1-2H3,(H,20,21)/t15-,18-,19+/m1/s1. The maximum Gasteiger partial charge on any atom is 0.219 e. The van der Waals surface area contributed by atoms with Gasteiger partial charge in [0.05, 0.1) is 13.2 Å². The second-order valence-electron chi connectivity index (χ2n) is 7.09. The Morgan fingerprint density at radius 1 is 1.24 bits per heavy atom. The fraction of sp³-hybridized carbons (Fsp3) is 0.474. The van der Waals surface area contributed by atoms with E-state index in [2.05, 4.69) is 27.2 Å². The maximum absolute atomic E-state index is 12.2. The first-order valence-electron chi connectivity index (χ1n) is 8.77. The average Bonchev–Trinajstić information content (AvgIpc) is 3.31. The monoisotopic (exact) mass is 340 g/mol. The number of nitrogens with zero attached hydrogens (tertiary/aromatic N) is 3. The Kier molecular flexibility index (Phi) is 4.21. The van der Waals surface area contributed by atoms with E-state index in [0.29, 0.717) is 11.8 Å². The summed E-state index contributed by atoms with van der Waals surface area (Å²) in [5.74, 6) is 2.01. The summed E-state index contributed by atoms with van der Waals surface area (Å²) in [6, 6.07) is 10.3. The van der Waals surface area contributed by atoms with Crippen molar-refractivity contribution in [2.45, 2.75) is 19.5 Å². The number of ether oxygens (including phenoxy) is 1. The number of methoxy groups -OCH3 is 1. The quantitative estimate of drug-likeness (QED) is 0.926. The van der Waals surface area contributed by atoms with Crippen LogP contribution in [0.1, 0.15) is 24.2 Å². The van der Waals surface area contributed by atoms with Gasteiger partial charge in [0.2, 0.25) is 5.91 Å². The molecule has 2 fully saturated rings. The summed E-state index contributed by atoms with van der Waals surface area (Å²) in [5, 5.41) is 7.08. The molecule has 132 valence electrons. The van der Waals surface area contributed by atoms with Gasteiger partial charge in [0, 0.05) is 50.9 Å². The highest BCUT2D eigenvalue weighted by atomic mass is 16.5. The van der Waals surface area contributed by atoms with Crippen LogP contribution in [0.15, 0.2) is 36.5 Å². The molecule has 0 aliphatic carbocycles. The minimum atomic E-state index is 0.153. The van der Waals surface area contributed by atoms with E-state index in [-0.39, 0.29) is 11.9 Å². The molecular formula is C19H24N4O2. The van der Waals surface area contributed by atoms with Crippen LogP contribution in [0.5, 0.6) is 5.75 Å². The van der Waals surface area contributed by atoms with Crippen LogP contribution in [-0.2, 0) is 11.3 Å². The van der Waals surface area contributed by atoms with E-state index >= 15 is 0 Å². The van der Waals surface area contributed by atoms with Crippen molar-refractivity contribution in [1.29, 1.82) is 0 Å². The van der Waals surface area contributed by atoms with Crippen molar-refractivity contribution >= 4 is 5.91 Å². The molecule has 3 atom stereocenters. The number of aromatic nitrogens is 2. The van der Waals surface area contributed by atoms with Crippen molar-refractivity contribution in [2.75, 3.05) is 26.7 Å². The molecule has 2 aromatic rings. The number of fused-ring (bicyclic) bond motifs is 1. The van der Waals surface area contributed by atoms with Gasteiger partial charge in [-0.2, -0.15) is 5.10 Å². The third-order valence-electron chi connectivity index (χ3n) is 5.55. The molecular weight excluding hydrogens is 316 g/mol. The normalized spacial score (nSPS) is 26.0. The Labute approximate surface area is 147 Å². The number of nitrogens with one attached hydrogen (secondary N) is 1. The van der Waals surface area contributed by atoms with Crippen molar-refractivity contribution in [3.8, 4) is 5.75 Å². The molecule has 6 nitrogen and oxygen atoms in total. The van der Waals surface area contributed by atoms with Crippen molar-refractivity contribution in [1.82, 2.24) is 20.0 Å².